The van der Waals surface area contributed by atoms with E-state index in [1.165, 1.54) is 157 Å². The molecule has 0 saturated heterocycles. The molecule has 0 saturated carbocycles. The first-order chi connectivity index (χ1) is 65.8. The van der Waals surface area contributed by atoms with Crippen LogP contribution >= 0.6 is 0 Å². The first-order valence-corrected chi connectivity index (χ1v) is 55.2. The van der Waals surface area contributed by atoms with E-state index in [0.717, 1.165) is 0 Å². The molecule has 0 aliphatic rings. The quantitative estimate of drug-likeness (QED) is 0.0236. The van der Waals surface area contributed by atoms with Crippen LogP contribution in [0.2, 0.25) is 0 Å². The second kappa shape index (κ2) is 106. The number of aliphatic hydroxyl groups is 8. The van der Waals surface area contributed by atoms with E-state index in [1.807, 2.05) is 0 Å². The Labute approximate surface area is 858 Å². The van der Waals surface area contributed by atoms with Gasteiger partial charge in [0.05, 0.1) is 157 Å². The summed E-state index contributed by atoms with van der Waals surface area (Å²) in [6.07, 6.45) is -7.82. The highest BCUT2D eigenvalue weighted by Crippen LogP contribution is 2.42. The van der Waals surface area contributed by atoms with Crippen LogP contribution in [0, 0.1) is 0 Å². The Hall–Kier alpha value is -1.44. The molecule has 16 N–H and O–H groups in total. The second-order valence-electron chi connectivity index (χ2n) is 29.1. The van der Waals surface area contributed by atoms with Gasteiger partial charge in [0.1, 0.15) is 13.2 Å². The fourth-order valence-electron chi connectivity index (χ4n) is 9.08. The Morgan fingerprint density at radius 2 is 0.306 bits per heavy atom. The van der Waals surface area contributed by atoms with Crippen molar-refractivity contribution < 1.29 is 256 Å². The summed E-state index contributed by atoms with van der Waals surface area (Å²) < 4.78 is 443. The molecule has 0 aromatic carbocycles. The lowest BCUT2D eigenvalue weighted by Crippen LogP contribution is -3.11. The van der Waals surface area contributed by atoms with Crippen molar-refractivity contribution in [2.75, 3.05) is 210 Å². The molecule has 0 radical (unpaired) electrons. The summed E-state index contributed by atoms with van der Waals surface area (Å²) in [5.74, 6) is -18.9. The van der Waals surface area contributed by atoms with E-state index in [1.54, 1.807) is 39.2 Å². The van der Waals surface area contributed by atoms with Crippen molar-refractivity contribution in [2.24, 2.45) is 0 Å². The highest BCUT2D eigenvalue weighted by Gasteiger charge is 2.60. The molecule has 64 heteroatoms. The summed E-state index contributed by atoms with van der Waals surface area (Å²) in [5.41, 5.74) is 0. The summed E-state index contributed by atoms with van der Waals surface area (Å²) in [6.45, 7) is 76.3. The normalized spacial score (nSPS) is 13.6. The highest BCUT2D eigenvalue weighted by atomic mass is 32.2. The van der Waals surface area contributed by atoms with Crippen molar-refractivity contribution in [3.8, 4) is 0 Å². The predicted molar refractivity (Wildman–Crippen MR) is 503 cm³/mol. The Morgan fingerprint density at radius 1 is 0.167 bits per heavy atom. The third-order valence-electron chi connectivity index (χ3n) is 19.8. The van der Waals surface area contributed by atoms with Gasteiger partial charge in [0, 0.05) is 167 Å². The second-order valence-corrected chi connectivity index (χ2v) is 37.3. The Morgan fingerprint density at radius 3 is 0.417 bits per heavy atom. The summed E-state index contributed by atoms with van der Waals surface area (Å²) in [5, 5.41) is 28.1. The molecule has 0 heterocycles. The van der Waals surface area contributed by atoms with Crippen LogP contribution in [0.15, 0.2) is 0 Å². The molecule has 0 amide bonds. The van der Waals surface area contributed by atoms with E-state index in [4.69, 9.17) is 40.9 Å². The van der Waals surface area contributed by atoms with Crippen LogP contribution in [0.4, 0.5) is 105 Å². The number of quaternary nitrogens is 8. The monoisotopic (exact) mass is 2350 g/mol. The average molecular weight is 2350 g/mol. The molecular weight excluding hydrogens is 2170 g/mol. The average Bonchev–Trinajstić information content (AvgIpc) is 0.796. The number of halogens is 24. The largest absolute Gasteiger partial charge is 0.768 e. The molecule has 0 aromatic rings. The van der Waals surface area contributed by atoms with Gasteiger partial charge in [-0.25, -0.2) is 0 Å². The molecule has 0 bridgehead atoms. The molecule has 8 atom stereocenters. The van der Waals surface area contributed by atoms with Crippen LogP contribution in [-0.2, 0) is 88.6 Å². The van der Waals surface area contributed by atoms with Gasteiger partial charge in [-0.05, 0) is 205 Å². The molecular formula is C80H176F24N8O24S8. The fraction of sp³-hybridized carbons (Fsp3) is 1.00. The van der Waals surface area contributed by atoms with Gasteiger partial charge >= 0.3 is 65.7 Å². The number of alkyl halides is 24. The molecule has 32 nitrogen and oxygen atoms in total. The van der Waals surface area contributed by atoms with Crippen LogP contribution in [0.1, 0.15) is 243 Å². The Bertz CT molecular complexity index is 2800. The van der Waals surface area contributed by atoms with Crippen LogP contribution in [0.5, 0.6) is 0 Å². The van der Waals surface area contributed by atoms with Gasteiger partial charge in [-0.1, -0.05) is 0 Å². The zero-order valence-electron chi connectivity index (χ0n) is 87.6. The molecule has 0 rings (SSSR count). The number of aliphatic hydroxyl groups excluding tert-OH is 8. The molecule has 0 spiro atoms. The number of unbranched alkanes of at least 4 members (excludes halogenated alkanes) is 2. The third-order valence-corrected chi connectivity index (χ3v) is 25.3. The first kappa shape index (κ1) is 178. The first-order valence-electron chi connectivity index (χ1n) is 46.6. The van der Waals surface area contributed by atoms with Gasteiger partial charge in [0.2, 0.25) is 0 Å². The molecule has 896 valence electrons. The van der Waals surface area contributed by atoms with Crippen molar-refractivity contribution in [3.05, 3.63) is 0 Å². The van der Waals surface area contributed by atoms with E-state index >= 15 is 0 Å². The van der Waals surface area contributed by atoms with Gasteiger partial charge < -0.3 is 116 Å². The molecule has 0 aliphatic heterocycles. The van der Waals surface area contributed by atoms with Crippen molar-refractivity contribution >= 4 is 88.6 Å². The number of hydrogen-bond donors (Lipinski definition) is 16. The number of nitrogens with one attached hydrogen (secondary N) is 8. The van der Waals surface area contributed by atoms with Gasteiger partial charge in [0.25, 0.3) is 0 Å². The standard InChI is InChI=1S/C6H10F4O3S.8C6H15N.C5H8F4O3S.C5H10F2O3S.C4H6F4O3S.C4H8F2O3S.C3H4F4O3S.C3H6F2O3S.C2H4F2O3S/c7-5(8,3-1-2-4-11)6(9,10)14(12)13;8*1-4-7(5-2)6-3;6-4(7,2-1-3-10)5(8,9)13(11)12;6-5(7,11(9)10)3-1-2-4-8;5-3(6,1-2-9)4(7,8)12(10)11;5-4(6,10(8)9)2-1-3-7;4-2(5,1-8)3(6,7)11(9)10;4-3(5,1-2-6)9(7)8;3-2(4,1-5)8(6)7/h11H,1-4H2,(H,12,13);8*4-6H2,1-3H3;10H,1-3H2,(H,11,12);8H,1-4H2,(H,9,10);9H,1-2H2,(H,10,11);7H,1-3H2,(H,8,9);8H,1H2,(H,9,10);6H,1-2H2,(H,7,8);5H,1H2,(H,6,7). The van der Waals surface area contributed by atoms with Gasteiger partial charge in [0.15, 0.2) is 0 Å². The SMILES string of the molecule is CC[NH+](CC)CC.CC[NH+](CC)CC.CC[NH+](CC)CC.CC[NH+](CC)CC.CC[NH+](CC)CC.CC[NH+](CC)CC.CC[NH+](CC)CC.CC[NH+](CC)CC.O=S([O-])C(F)(F)C(F)(F)CCCCO.O=S([O-])C(F)(F)C(F)(F)CCCO.O=S([O-])C(F)(F)C(F)(F)CCO.O=S([O-])C(F)(F)C(F)(F)CO.O=S([O-])C(F)(F)CCCCO.O=S([O-])C(F)(F)CCCO.O=S([O-])C(F)(F)CCO.O=S([O-])C(F)(F)CO. The minimum absolute atomic E-state index is 0.0114. The minimum atomic E-state index is -5.22. The smallest absolute Gasteiger partial charge is 0.373 e. The van der Waals surface area contributed by atoms with Crippen LogP contribution in [0.3, 0.4) is 0 Å². The maximum atomic E-state index is 12.6. The molecule has 0 aliphatic carbocycles. The lowest BCUT2D eigenvalue weighted by molar-refractivity contribution is -0.894. The Kier molecular flexibility index (Phi) is 131. The van der Waals surface area contributed by atoms with Crippen LogP contribution < -0.4 is 39.2 Å². The summed E-state index contributed by atoms with van der Waals surface area (Å²) in [4.78, 5) is 13.4. The minimum Gasteiger partial charge on any atom is -0.768 e. The summed E-state index contributed by atoms with van der Waals surface area (Å²) >= 11 is -30.4. The van der Waals surface area contributed by atoms with Crippen molar-refractivity contribution in [3.63, 3.8) is 0 Å². The van der Waals surface area contributed by atoms with Gasteiger partial charge in [-0.3, -0.25) is 33.7 Å². The van der Waals surface area contributed by atoms with E-state index in [0.29, 0.717) is 0 Å². The number of rotatable bonds is 56. The zero-order chi connectivity index (χ0) is 118. The number of hydrogen-bond acceptors (Lipinski definition) is 24. The lowest BCUT2D eigenvalue weighted by atomic mass is 10.1. The highest BCUT2D eigenvalue weighted by molar-refractivity contribution is 7.82. The van der Waals surface area contributed by atoms with Gasteiger partial charge in [-0.2, -0.15) is 105 Å². The maximum Gasteiger partial charge on any atom is 0.373 e. The van der Waals surface area contributed by atoms with Crippen molar-refractivity contribution in [2.45, 2.75) is 309 Å². The maximum absolute atomic E-state index is 12.6. The summed E-state index contributed by atoms with van der Waals surface area (Å²) in [6, 6.07) is 0. The molecule has 0 aromatic heterocycles. The lowest BCUT2D eigenvalue weighted by Gasteiger charge is -2.27. The van der Waals surface area contributed by atoms with Crippen LogP contribution in [0.25, 0.3) is 0 Å². The summed E-state index contributed by atoms with van der Waals surface area (Å²) in [7, 11) is 0. The van der Waals surface area contributed by atoms with E-state index in [9.17, 15) is 175 Å². The van der Waals surface area contributed by atoms with E-state index < -0.39 is 246 Å². The van der Waals surface area contributed by atoms with E-state index in [-0.39, 0.29) is 38.7 Å². The third kappa shape index (κ3) is 98.7. The zero-order valence-corrected chi connectivity index (χ0v) is 94.1. The Balaban J connectivity index is -0.0000000872. The van der Waals surface area contributed by atoms with Crippen LogP contribution in [-0.4, -0.2) is 387 Å². The van der Waals surface area contributed by atoms with Gasteiger partial charge in [-0.15, -0.1) is 0 Å². The molecule has 0 fully saturated rings. The van der Waals surface area contributed by atoms with E-state index in [2.05, 4.69) is 166 Å². The van der Waals surface area contributed by atoms with Crippen molar-refractivity contribution in [1.29, 1.82) is 0 Å². The molecule has 144 heavy (non-hydrogen) atoms. The van der Waals surface area contributed by atoms with Crippen molar-refractivity contribution in [1.82, 2.24) is 0 Å². The fourth-order valence-corrected chi connectivity index (χ4v) is 11.4. The molecule has 8 unspecified atom stereocenters. The topological polar surface area (TPSA) is 518 Å². The predicted octanol–water partition coefficient (Wildman–Crippen LogP) is 2.28.